The molecule has 9 nitrogen and oxygen atoms in total. The van der Waals surface area contributed by atoms with E-state index in [9.17, 15) is 19.5 Å². The van der Waals surface area contributed by atoms with E-state index in [0.717, 1.165) is 22.3 Å². The largest absolute Gasteiger partial charge is 0.480 e. The number of nitrogens with zero attached hydrogens (tertiary/aromatic N) is 2. The van der Waals surface area contributed by atoms with Gasteiger partial charge in [-0.1, -0.05) is 61.9 Å². The van der Waals surface area contributed by atoms with Crippen LogP contribution in [0.5, 0.6) is 0 Å². The molecule has 1 aliphatic rings. The summed E-state index contributed by atoms with van der Waals surface area (Å²) in [5.41, 5.74) is 4.60. The molecule has 1 aromatic heterocycles. The molecule has 0 aliphatic heterocycles. The molecule has 2 amide bonds. The summed E-state index contributed by atoms with van der Waals surface area (Å²) < 4.78 is 6.81. The Labute approximate surface area is 196 Å². The maximum absolute atomic E-state index is 12.7. The number of ether oxygens (including phenoxy) is 1. The lowest BCUT2D eigenvalue weighted by Crippen LogP contribution is -2.41. The highest BCUT2D eigenvalue weighted by atomic mass is 16.5. The number of carboxylic acid groups (broad SMARTS) is 1. The van der Waals surface area contributed by atoms with Gasteiger partial charge in [0, 0.05) is 13.0 Å². The smallest absolute Gasteiger partial charge is 0.411 e. The van der Waals surface area contributed by atoms with E-state index in [1.807, 2.05) is 43.3 Å². The van der Waals surface area contributed by atoms with Gasteiger partial charge >= 0.3 is 12.1 Å². The van der Waals surface area contributed by atoms with E-state index >= 15 is 0 Å². The summed E-state index contributed by atoms with van der Waals surface area (Å²) in [6.07, 6.45) is 1.47. The minimum Gasteiger partial charge on any atom is -0.480 e. The molecule has 1 aliphatic carbocycles. The maximum Gasteiger partial charge on any atom is 0.411 e. The minimum atomic E-state index is -1.12. The number of anilines is 1. The number of amides is 2. The van der Waals surface area contributed by atoms with Crippen molar-refractivity contribution in [3.8, 4) is 11.1 Å². The zero-order chi connectivity index (χ0) is 24.2. The Morgan fingerprint density at radius 3 is 2.29 bits per heavy atom. The third kappa shape index (κ3) is 4.50. The number of carboxylic acids is 1. The molecule has 0 radical (unpaired) electrons. The topological polar surface area (TPSA) is 123 Å². The van der Waals surface area contributed by atoms with Crippen molar-refractivity contribution in [1.29, 1.82) is 0 Å². The molecule has 0 bridgehead atoms. The first-order valence-electron chi connectivity index (χ1n) is 11.1. The lowest BCUT2D eigenvalue weighted by Gasteiger charge is -2.16. The Morgan fingerprint density at radius 2 is 1.71 bits per heavy atom. The fourth-order valence-electron chi connectivity index (χ4n) is 4.32. The fourth-order valence-corrected chi connectivity index (χ4v) is 4.32. The number of fused-ring (bicyclic) bond motifs is 3. The zero-order valence-corrected chi connectivity index (χ0v) is 18.9. The second-order valence-electron chi connectivity index (χ2n) is 8.13. The van der Waals surface area contributed by atoms with Crippen molar-refractivity contribution in [2.75, 3.05) is 11.9 Å². The molecule has 0 fully saturated rings. The van der Waals surface area contributed by atoms with Gasteiger partial charge in [-0.05, 0) is 28.7 Å². The van der Waals surface area contributed by atoms with E-state index in [-0.39, 0.29) is 30.3 Å². The summed E-state index contributed by atoms with van der Waals surface area (Å²) in [5.74, 6) is -1.86. The van der Waals surface area contributed by atoms with E-state index in [4.69, 9.17) is 4.74 Å². The van der Waals surface area contributed by atoms with Crippen LogP contribution in [0.3, 0.4) is 0 Å². The highest BCUT2D eigenvalue weighted by molar-refractivity contribution is 6.02. The molecule has 0 saturated heterocycles. The van der Waals surface area contributed by atoms with Crippen LogP contribution in [0.2, 0.25) is 0 Å². The number of hydrogen-bond donors (Lipinski definition) is 3. The Bertz CT molecular complexity index is 1190. The number of nitrogens with one attached hydrogen (secondary N) is 2. The van der Waals surface area contributed by atoms with Gasteiger partial charge < -0.3 is 15.2 Å². The number of aromatic nitrogens is 2. The molecule has 34 heavy (non-hydrogen) atoms. The van der Waals surface area contributed by atoms with E-state index < -0.39 is 24.0 Å². The number of aliphatic carboxylic acids is 1. The minimum absolute atomic E-state index is 0.0378. The van der Waals surface area contributed by atoms with Crippen molar-refractivity contribution in [1.82, 2.24) is 15.1 Å². The average molecular weight is 463 g/mol. The predicted molar refractivity (Wildman–Crippen MR) is 126 cm³/mol. The highest BCUT2D eigenvalue weighted by Crippen LogP contribution is 2.44. The molecule has 4 rings (SSSR count). The van der Waals surface area contributed by atoms with Crippen molar-refractivity contribution in [2.24, 2.45) is 7.05 Å². The van der Waals surface area contributed by atoms with Crippen LogP contribution in [0.1, 0.15) is 47.3 Å². The van der Waals surface area contributed by atoms with Crippen LogP contribution in [-0.2, 0) is 16.6 Å². The molecule has 1 atom stereocenters. The van der Waals surface area contributed by atoms with Crippen LogP contribution in [0.25, 0.3) is 11.1 Å². The summed E-state index contributed by atoms with van der Waals surface area (Å²) in [4.78, 5) is 36.7. The van der Waals surface area contributed by atoms with Gasteiger partial charge in [-0.3, -0.25) is 14.8 Å². The summed E-state index contributed by atoms with van der Waals surface area (Å²) in [7, 11) is 1.54. The normalized spacial score (nSPS) is 13.0. The molecule has 9 heteroatoms. The van der Waals surface area contributed by atoms with Crippen molar-refractivity contribution in [3.05, 3.63) is 71.5 Å². The molecule has 3 aromatic rings. The van der Waals surface area contributed by atoms with Crippen LogP contribution in [-0.4, -0.2) is 45.5 Å². The third-order valence-electron chi connectivity index (χ3n) is 5.92. The number of carbonyl (C=O) groups excluding carboxylic acids is 2. The fraction of sp³-hybridized carbons (Fsp3) is 0.280. The molecule has 2 aromatic carbocycles. The van der Waals surface area contributed by atoms with Crippen LogP contribution in [0.15, 0.2) is 54.7 Å². The molecule has 1 unspecified atom stereocenters. The summed E-state index contributed by atoms with van der Waals surface area (Å²) >= 11 is 0. The van der Waals surface area contributed by atoms with Gasteiger partial charge in [-0.15, -0.1) is 0 Å². The van der Waals surface area contributed by atoms with Gasteiger partial charge in [-0.2, -0.15) is 5.10 Å². The van der Waals surface area contributed by atoms with Gasteiger partial charge in [0.25, 0.3) is 5.91 Å². The SMILES string of the molecule is CCCC(NC(=O)c1c(NC(=O)OCC2c3ccccc3-c3ccccc32)cnn1C)C(=O)O. The lowest BCUT2D eigenvalue weighted by molar-refractivity contribution is -0.139. The van der Waals surface area contributed by atoms with Crippen molar-refractivity contribution >= 4 is 23.7 Å². The van der Waals surface area contributed by atoms with Gasteiger partial charge in [-0.25, -0.2) is 9.59 Å². The van der Waals surface area contributed by atoms with E-state index in [1.54, 1.807) is 0 Å². The Morgan fingerprint density at radius 1 is 1.09 bits per heavy atom. The zero-order valence-electron chi connectivity index (χ0n) is 18.9. The van der Waals surface area contributed by atoms with Gasteiger partial charge in [0.15, 0.2) is 0 Å². The number of hydrogen-bond acceptors (Lipinski definition) is 5. The van der Waals surface area contributed by atoms with Crippen LogP contribution in [0, 0.1) is 0 Å². The van der Waals surface area contributed by atoms with Crippen molar-refractivity contribution < 1.29 is 24.2 Å². The Balaban J connectivity index is 1.45. The first kappa shape index (κ1) is 23.0. The van der Waals surface area contributed by atoms with Crippen LogP contribution >= 0.6 is 0 Å². The van der Waals surface area contributed by atoms with Gasteiger partial charge in [0.1, 0.15) is 18.3 Å². The molecule has 0 saturated carbocycles. The predicted octanol–water partition coefficient (Wildman–Crippen LogP) is 3.76. The summed E-state index contributed by atoms with van der Waals surface area (Å²) in [6, 6.07) is 15.0. The van der Waals surface area contributed by atoms with Gasteiger partial charge in [0.2, 0.25) is 0 Å². The third-order valence-corrected chi connectivity index (χ3v) is 5.92. The molecule has 1 heterocycles. The van der Waals surface area contributed by atoms with Crippen LogP contribution in [0.4, 0.5) is 10.5 Å². The van der Waals surface area contributed by atoms with Crippen molar-refractivity contribution in [2.45, 2.75) is 31.7 Å². The average Bonchev–Trinajstić information content (AvgIpc) is 3.34. The number of aryl methyl sites for hydroxylation is 1. The second-order valence-corrected chi connectivity index (χ2v) is 8.13. The number of rotatable bonds is 8. The lowest BCUT2D eigenvalue weighted by atomic mass is 9.98. The summed E-state index contributed by atoms with van der Waals surface area (Å²) in [5, 5.41) is 18.4. The highest BCUT2D eigenvalue weighted by Gasteiger charge is 2.29. The first-order valence-corrected chi connectivity index (χ1v) is 11.1. The maximum atomic E-state index is 12.7. The van der Waals surface area contributed by atoms with Crippen LogP contribution < -0.4 is 10.6 Å². The quantitative estimate of drug-likeness (QED) is 0.468. The standard InChI is InChI=1S/C25H26N4O5/c1-3-8-20(24(31)32)27-23(30)22-21(13-26-29(22)2)28-25(33)34-14-19-17-11-6-4-9-15(17)16-10-5-7-12-18(16)19/h4-7,9-13,19-20H,3,8,14H2,1-2H3,(H,27,30)(H,28,33)(H,31,32). The van der Waals surface area contributed by atoms with E-state index in [0.29, 0.717) is 6.42 Å². The second kappa shape index (κ2) is 9.78. The Hall–Kier alpha value is -4.14. The van der Waals surface area contributed by atoms with E-state index in [2.05, 4.69) is 27.9 Å². The molecule has 3 N–H and O–H groups in total. The molecular weight excluding hydrogens is 436 g/mol. The van der Waals surface area contributed by atoms with Gasteiger partial charge in [0.05, 0.1) is 11.9 Å². The Kier molecular flexibility index (Phi) is 6.62. The first-order chi connectivity index (χ1) is 16.4. The molecule has 0 spiro atoms. The number of carbonyl (C=O) groups is 3. The van der Waals surface area contributed by atoms with E-state index in [1.165, 1.54) is 17.9 Å². The molecular formula is C25H26N4O5. The molecule has 176 valence electrons. The van der Waals surface area contributed by atoms with Crippen molar-refractivity contribution in [3.63, 3.8) is 0 Å². The summed E-state index contributed by atoms with van der Waals surface area (Å²) in [6.45, 7) is 1.95. The monoisotopic (exact) mass is 462 g/mol. The number of benzene rings is 2.